The lowest BCUT2D eigenvalue weighted by Gasteiger charge is -2.17. The van der Waals surface area contributed by atoms with Crippen molar-refractivity contribution in [2.24, 2.45) is 5.73 Å². The molecule has 1 atom stereocenters. The zero-order chi connectivity index (χ0) is 12.4. The van der Waals surface area contributed by atoms with Crippen molar-refractivity contribution in [2.45, 2.75) is 19.4 Å². The Morgan fingerprint density at radius 1 is 1.41 bits per heavy atom. The van der Waals surface area contributed by atoms with E-state index in [2.05, 4.69) is 5.32 Å². The van der Waals surface area contributed by atoms with Crippen molar-refractivity contribution < 1.29 is 9.59 Å². The normalized spacial score (nSPS) is 19.5. The maximum atomic E-state index is 11.8. The molecule has 1 heterocycles. The van der Waals surface area contributed by atoms with E-state index in [1.54, 1.807) is 4.90 Å². The van der Waals surface area contributed by atoms with E-state index in [9.17, 15) is 9.59 Å². The number of anilines is 1. The third-order valence-electron chi connectivity index (χ3n) is 2.82. The highest BCUT2D eigenvalue weighted by atomic mass is 16.2. The van der Waals surface area contributed by atoms with Gasteiger partial charge in [-0.15, -0.1) is 0 Å². The first-order chi connectivity index (χ1) is 8.06. The molecular weight excluding hydrogens is 218 g/mol. The quantitative estimate of drug-likeness (QED) is 0.791. The monoisotopic (exact) mass is 233 g/mol. The van der Waals surface area contributed by atoms with Crippen LogP contribution in [-0.2, 0) is 4.79 Å². The van der Waals surface area contributed by atoms with Crippen LogP contribution in [0.5, 0.6) is 0 Å². The largest absolute Gasteiger partial charge is 0.352 e. The highest BCUT2D eigenvalue weighted by molar-refractivity contribution is 5.96. The van der Waals surface area contributed by atoms with Gasteiger partial charge in [-0.05, 0) is 19.1 Å². The zero-order valence-electron chi connectivity index (χ0n) is 9.64. The van der Waals surface area contributed by atoms with Crippen LogP contribution in [0.2, 0.25) is 0 Å². The summed E-state index contributed by atoms with van der Waals surface area (Å²) in [6, 6.07) is 6.93. The Balaban J connectivity index is 2.10. The molecule has 0 saturated carbocycles. The van der Waals surface area contributed by atoms with Crippen LogP contribution in [0.3, 0.4) is 0 Å². The van der Waals surface area contributed by atoms with Crippen LogP contribution in [0, 0.1) is 6.92 Å². The second kappa shape index (κ2) is 4.45. The van der Waals surface area contributed by atoms with Gasteiger partial charge in [-0.1, -0.05) is 17.7 Å². The van der Waals surface area contributed by atoms with Gasteiger partial charge in [0.15, 0.2) is 0 Å². The van der Waals surface area contributed by atoms with Crippen LogP contribution in [0.1, 0.15) is 12.0 Å². The highest BCUT2D eigenvalue weighted by Crippen LogP contribution is 2.21. The van der Waals surface area contributed by atoms with Gasteiger partial charge in [0.25, 0.3) is 0 Å². The molecular formula is C12H15N3O2. The Morgan fingerprint density at radius 2 is 2.06 bits per heavy atom. The lowest BCUT2D eigenvalue weighted by Crippen LogP contribution is -2.40. The van der Waals surface area contributed by atoms with Gasteiger partial charge < -0.3 is 16.0 Å². The SMILES string of the molecule is Cc1ccc(N2C[C@@H](NC(N)=O)CC2=O)cc1. The van der Waals surface area contributed by atoms with Crippen molar-refractivity contribution in [1.82, 2.24) is 5.32 Å². The molecule has 1 aromatic carbocycles. The first kappa shape index (κ1) is 11.4. The van der Waals surface area contributed by atoms with Gasteiger partial charge in [0, 0.05) is 18.7 Å². The van der Waals surface area contributed by atoms with Crippen molar-refractivity contribution in [3.63, 3.8) is 0 Å². The molecule has 0 radical (unpaired) electrons. The molecule has 0 aromatic heterocycles. The molecule has 5 nitrogen and oxygen atoms in total. The number of primary amides is 1. The molecule has 0 unspecified atom stereocenters. The summed E-state index contributed by atoms with van der Waals surface area (Å²) in [6.45, 7) is 2.47. The lowest BCUT2D eigenvalue weighted by atomic mass is 10.2. The van der Waals surface area contributed by atoms with E-state index in [1.807, 2.05) is 31.2 Å². The summed E-state index contributed by atoms with van der Waals surface area (Å²) in [4.78, 5) is 24.2. The fourth-order valence-corrected chi connectivity index (χ4v) is 1.98. The predicted octanol–water partition coefficient (Wildman–Crippen LogP) is 0.769. The number of rotatable bonds is 2. The van der Waals surface area contributed by atoms with E-state index in [0.29, 0.717) is 13.0 Å². The minimum absolute atomic E-state index is 0.00704. The molecule has 3 N–H and O–H groups in total. The molecule has 1 aromatic rings. The maximum Gasteiger partial charge on any atom is 0.312 e. The van der Waals surface area contributed by atoms with Gasteiger partial charge in [-0.25, -0.2) is 4.79 Å². The number of nitrogens with two attached hydrogens (primary N) is 1. The van der Waals surface area contributed by atoms with Crippen molar-refractivity contribution in [1.29, 1.82) is 0 Å². The van der Waals surface area contributed by atoms with E-state index < -0.39 is 6.03 Å². The van der Waals surface area contributed by atoms with Crippen LogP contribution in [-0.4, -0.2) is 24.5 Å². The van der Waals surface area contributed by atoms with Crippen molar-refractivity contribution in [3.8, 4) is 0 Å². The van der Waals surface area contributed by atoms with Crippen molar-refractivity contribution >= 4 is 17.6 Å². The second-order valence-corrected chi connectivity index (χ2v) is 4.25. The van der Waals surface area contributed by atoms with Crippen LogP contribution in [0.4, 0.5) is 10.5 Å². The van der Waals surface area contributed by atoms with Gasteiger partial charge >= 0.3 is 6.03 Å². The fraction of sp³-hybridized carbons (Fsp3) is 0.333. The number of hydrogen-bond donors (Lipinski definition) is 2. The lowest BCUT2D eigenvalue weighted by molar-refractivity contribution is -0.117. The molecule has 1 aliphatic heterocycles. The smallest absolute Gasteiger partial charge is 0.312 e. The third-order valence-corrected chi connectivity index (χ3v) is 2.82. The Kier molecular flexibility index (Phi) is 2.99. The van der Waals surface area contributed by atoms with Crippen molar-refractivity contribution in [3.05, 3.63) is 29.8 Å². The molecule has 1 saturated heterocycles. The number of hydrogen-bond acceptors (Lipinski definition) is 2. The first-order valence-electron chi connectivity index (χ1n) is 5.49. The van der Waals surface area contributed by atoms with Crippen LogP contribution in [0.25, 0.3) is 0 Å². The van der Waals surface area contributed by atoms with E-state index in [4.69, 9.17) is 5.73 Å². The van der Waals surface area contributed by atoms with E-state index in [0.717, 1.165) is 11.3 Å². The molecule has 2 rings (SSSR count). The molecule has 5 heteroatoms. The maximum absolute atomic E-state index is 11.8. The number of carbonyl (C=O) groups excluding carboxylic acids is 2. The van der Waals surface area contributed by atoms with Crippen molar-refractivity contribution in [2.75, 3.05) is 11.4 Å². The molecule has 0 spiro atoms. The van der Waals surface area contributed by atoms with Gasteiger partial charge in [0.1, 0.15) is 0 Å². The number of urea groups is 1. The van der Waals surface area contributed by atoms with E-state index >= 15 is 0 Å². The topological polar surface area (TPSA) is 75.4 Å². The van der Waals surface area contributed by atoms with E-state index in [1.165, 1.54) is 0 Å². The molecule has 17 heavy (non-hydrogen) atoms. The van der Waals surface area contributed by atoms with Gasteiger partial charge in [0.05, 0.1) is 6.04 Å². The number of nitrogens with zero attached hydrogens (tertiary/aromatic N) is 1. The van der Waals surface area contributed by atoms with Gasteiger partial charge in [-0.3, -0.25) is 4.79 Å². The summed E-state index contributed by atoms with van der Waals surface area (Å²) >= 11 is 0. The molecule has 0 bridgehead atoms. The number of aryl methyl sites for hydroxylation is 1. The first-order valence-corrected chi connectivity index (χ1v) is 5.49. The number of carbonyl (C=O) groups is 2. The zero-order valence-corrected chi connectivity index (χ0v) is 9.64. The minimum Gasteiger partial charge on any atom is -0.352 e. The standard InChI is InChI=1S/C12H15N3O2/c1-8-2-4-10(5-3-8)15-7-9(6-11(15)16)14-12(13)17/h2-5,9H,6-7H2,1H3,(H3,13,14,17)/t9-/m0/s1. The molecule has 90 valence electrons. The Hall–Kier alpha value is -2.04. The average Bonchev–Trinajstić information content (AvgIpc) is 2.59. The Bertz CT molecular complexity index is 442. The second-order valence-electron chi connectivity index (χ2n) is 4.25. The molecule has 1 fully saturated rings. The summed E-state index contributed by atoms with van der Waals surface area (Å²) in [6.07, 6.45) is 0.302. The third kappa shape index (κ3) is 2.55. The summed E-state index contributed by atoms with van der Waals surface area (Å²) in [5.41, 5.74) is 7.04. The summed E-state index contributed by atoms with van der Waals surface area (Å²) < 4.78 is 0. The predicted molar refractivity (Wildman–Crippen MR) is 64.7 cm³/mol. The molecule has 3 amide bonds. The minimum atomic E-state index is -0.589. The Labute approximate surface area is 99.6 Å². The van der Waals surface area contributed by atoms with E-state index in [-0.39, 0.29) is 11.9 Å². The van der Waals surface area contributed by atoms with Gasteiger partial charge in [0.2, 0.25) is 5.91 Å². The summed E-state index contributed by atoms with van der Waals surface area (Å²) in [7, 11) is 0. The summed E-state index contributed by atoms with van der Waals surface area (Å²) in [5, 5.41) is 2.56. The average molecular weight is 233 g/mol. The fourth-order valence-electron chi connectivity index (χ4n) is 1.98. The number of amides is 3. The highest BCUT2D eigenvalue weighted by Gasteiger charge is 2.30. The van der Waals surface area contributed by atoms with Crippen LogP contribution < -0.4 is 16.0 Å². The molecule has 1 aliphatic rings. The summed E-state index contributed by atoms with van der Waals surface area (Å²) in [5.74, 6) is 0.00704. The van der Waals surface area contributed by atoms with Gasteiger partial charge in [-0.2, -0.15) is 0 Å². The number of nitrogens with one attached hydrogen (secondary N) is 1. The Morgan fingerprint density at radius 3 is 2.65 bits per heavy atom. The molecule has 0 aliphatic carbocycles. The number of benzene rings is 1. The van der Waals surface area contributed by atoms with Crippen LogP contribution >= 0.6 is 0 Å². The van der Waals surface area contributed by atoms with Crippen LogP contribution in [0.15, 0.2) is 24.3 Å².